The molecule has 1 unspecified atom stereocenters. The fourth-order valence-corrected chi connectivity index (χ4v) is 2.12. The van der Waals surface area contributed by atoms with Crippen LogP contribution in [0, 0.1) is 18.3 Å². The van der Waals surface area contributed by atoms with Crippen LogP contribution < -0.4 is 10.1 Å². The van der Waals surface area contributed by atoms with Crippen molar-refractivity contribution in [3.05, 3.63) is 29.3 Å². The van der Waals surface area contributed by atoms with Crippen LogP contribution in [-0.2, 0) is 0 Å². The molecule has 1 atom stereocenters. The van der Waals surface area contributed by atoms with Gasteiger partial charge in [0.05, 0.1) is 18.7 Å². The van der Waals surface area contributed by atoms with Crippen LogP contribution in [0.4, 0.5) is 0 Å². The quantitative estimate of drug-likeness (QED) is 0.823. The number of nitriles is 1. The van der Waals surface area contributed by atoms with E-state index < -0.39 is 0 Å². The standard InChI is InChI=1S/C17H26N2O/c1-12(2)16-7-6-14(5)10-17(16)20-9-8-15(11-18)19-13(3)4/h6-7,10,12-13,15,19H,8-9H2,1-5H3. The van der Waals surface area contributed by atoms with Crippen LogP contribution in [0.25, 0.3) is 0 Å². The molecule has 110 valence electrons. The molecule has 0 aromatic heterocycles. The van der Waals surface area contributed by atoms with E-state index in [0.717, 1.165) is 5.75 Å². The summed E-state index contributed by atoms with van der Waals surface area (Å²) in [6, 6.07) is 8.75. The zero-order valence-corrected chi connectivity index (χ0v) is 13.2. The van der Waals surface area contributed by atoms with Crippen LogP contribution in [0.1, 0.15) is 51.2 Å². The number of aryl methyl sites for hydroxylation is 1. The Bertz CT molecular complexity index is 461. The average molecular weight is 274 g/mol. The molecule has 0 amide bonds. The van der Waals surface area contributed by atoms with Crippen LogP contribution in [0.2, 0.25) is 0 Å². The Labute approximate surface area is 123 Å². The smallest absolute Gasteiger partial charge is 0.123 e. The van der Waals surface area contributed by atoms with Gasteiger partial charge in [-0.25, -0.2) is 0 Å². The minimum atomic E-state index is -0.151. The third-order valence-corrected chi connectivity index (χ3v) is 3.15. The number of ether oxygens (including phenoxy) is 1. The van der Waals surface area contributed by atoms with Crippen LogP contribution in [-0.4, -0.2) is 18.7 Å². The highest BCUT2D eigenvalue weighted by molar-refractivity contribution is 5.39. The topological polar surface area (TPSA) is 45.0 Å². The summed E-state index contributed by atoms with van der Waals surface area (Å²) in [5, 5.41) is 12.3. The van der Waals surface area contributed by atoms with Crippen molar-refractivity contribution in [2.24, 2.45) is 0 Å². The van der Waals surface area contributed by atoms with Crippen molar-refractivity contribution in [1.29, 1.82) is 5.26 Å². The lowest BCUT2D eigenvalue weighted by molar-refractivity contribution is 0.291. The van der Waals surface area contributed by atoms with Gasteiger partial charge in [-0.2, -0.15) is 5.26 Å². The van der Waals surface area contributed by atoms with Gasteiger partial charge in [-0.05, 0) is 43.9 Å². The molecule has 3 heteroatoms. The molecule has 0 fully saturated rings. The number of nitrogens with one attached hydrogen (secondary N) is 1. The maximum Gasteiger partial charge on any atom is 0.123 e. The molecule has 0 bridgehead atoms. The minimum absolute atomic E-state index is 0.151. The van der Waals surface area contributed by atoms with Gasteiger partial charge >= 0.3 is 0 Å². The maximum atomic E-state index is 9.09. The van der Waals surface area contributed by atoms with E-state index in [9.17, 15) is 0 Å². The molecule has 1 aromatic carbocycles. The lowest BCUT2D eigenvalue weighted by Crippen LogP contribution is -2.34. The Hall–Kier alpha value is -1.53. The molecular formula is C17H26N2O. The van der Waals surface area contributed by atoms with E-state index in [4.69, 9.17) is 10.00 Å². The van der Waals surface area contributed by atoms with Gasteiger partial charge in [0.15, 0.2) is 0 Å². The third-order valence-electron chi connectivity index (χ3n) is 3.15. The van der Waals surface area contributed by atoms with Gasteiger partial charge in [0, 0.05) is 12.5 Å². The second-order valence-corrected chi connectivity index (χ2v) is 5.84. The van der Waals surface area contributed by atoms with Gasteiger partial charge < -0.3 is 4.74 Å². The summed E-state index contributed by atoms with van der Waals surface area (Å²) < 4.78 is 5.90. The van der Waals surface area contributed by atoms with Crippen molar-refractivity contribution >= 4 is 0 Å². The van der Waals surface area contributed by atoms with E-state index in [0.29, 0.717) is 25.0 Å². The molecule has 20 heavy (non-hydrogen) atoms. The van der Waals surface area contributed by atoms with Gasteiger partial charge in [-0.15, -0.1) is 0 Å². The number of hydrogen-bond donors (Lipinski definition) is 1. The molecule has 0 saturated heterocycles. The Morgan fingerprint density at radius 2 is 1.95 bits per heavy atom. The maximum absolute atomic E-state index is 9.09. The summed E-state index contributed by atoms with van der Waals surface area (Å²) in [5.41, 5.74) is 2.42. The van der Waals surface area contributed by atoms with Crippen molar-refractivity contribution in [2.45, 2.75) is 59.0 Å². The van der Waals surface area contributed by atoms with Crippen molar-refractivity contribution in [1.82, 2.24) is 5.32 Å². The molecule has 0 aliphatic rings. The zero-order valence-electron chi connectivity index (χ0n) is 13.2. The van der Waals surface area contributed by atoms with Crippen LogP contribution in [0.15, 0.2) is 18.2 Å². The fraction of sp³-hybridized carbons (Fsp3) is 0.588. The first-order valence-corrected chi connectivity index (χ1v) is 7.33. The normalized spacial score (nSPS) is 12.5. The van der Waals surface area contributed by atoms with Crippen molar-refractivity contribution in [3.8, 4) is 11.8 Å². The number of benzene rings is 1. The fourth-order valence-electron chi connectivity index (χ4n) is 2.12. The monoisotopic (exact) mass is 274 g/mol. The lowest BCUT2D eigenvalue weighted by atomic mass is 10.0. The molecule has 1 N–H and O–H groups in total. The Morgan fingerprint density at radius 1 is 1.25 bits per heavy atom. The van der Waals surface area contributed by atoms with Gasteiger partial charge in [0.2, 0.25) is 0 Å². The van der Waals surface area contributed by atoms with E-state index in [1.165, 1.54) is 11.1 Å². The molecule has 0 heterocycles. The highest BCUT2D eigenvalue weighted by Gasteiger charge is 2.11. The SMILES string of the molecule is Cc1ccc(C(C)C)c(OCCC(C#N)NC(C)C)c1. The Balaban J connectivity index is 2.61. The van der Waals surface area contributed by atoms with E-state index in [2.05, 4.69) is 50.4 Å². The zero-order chi connectivity index (χ0) is 15.1. The second kappa shape index (κ2) is 7.91. The third kappa shape index (κ3) is 5.22. The molecule has 3 nitrogen and oxygen atoms in total. The first-order valence-electron chi connectivity index (χ1n) is 7.33. The van der Waals surface area contributed by atoms with Crippen LogP contribution >= 0.6 is 0 Å². The number of nitrogens with zero attached hydrogens (tertiary/aromatic N) is 1. The summed E-state index contributed by atoms with van der Waals surface area (Å²) >= 11 is 0. The van der Waals surface area contributed by atoms with Gasteiger partial charge in [-0.3, -0.25) is 5.32 Å². The predicted octanol–water partition coefficient (Wildman–Crippen LogP) is 3.78. The van der Waals surface area contributed by atoms with E-state index in [1.54, 1.807) is 0 Å². The van der Waals surface area contributed by atoms with Crippen molar-refractivity contribution in [2.75, 3.05) is 6.61 Å². The summed E-state index contributed by atoms with van der Waals surface area (Å²) in [5.74, 6) is 1.38. The first kappa shape index (κ1) is 16.5. The highest BCUT2D eigenvalue weighted by Crippen LogP contribution is 2.27. The second-order valence-electron chi connectivity index (χ2n) is 5.84. The molecule has 0 spiro atoms. The summed E-state index contributed by atoms with van der Waals surface area (Å²) in [6.45, 7) is 11.0. The van der Waals surface area contributed by atoms with Crippen LogP contribution in [0.3, 0.4) is 0 Å². The molecule has 1 aromatic rings. The highest BCUT2D eigenvalue weighted by atomic mass is 16.5. The van der Waals surface area contributed by atoms with Crippen molar-refractivity contribution in [3.63, 3.8) is 0 Å². The van der Waals surface area contributed by atoms with Gasteiger partial charge in [0.25, 0.3) is 0 Å². The molecule has 0 aliphatic heterocycles. The number of rotatable bonds is 7. The largest absolute Gasteiger partial charge is 0.493 e. The van der Waals surface area contributed by atoms with E-state index in [-0.39, 0.29) is 6.04 Å². The predicted molar refractivity (Wildman–Crippen MR) is 83.1 cm³/mol. The Morgan fingerprint density at radius 3 is 2.50 bits per heavy atom. The molecule has 0 radical (unpaired) electrons. The summed E-state index contributed by atoms with van der Waals surface area (Å²) in [6.07, 6.45) is 0.695. The lowest BCUT2D eigenvalue weighted by Gasteiger charge is -2.17. The Kier molecular flexibility index (Phi) is 6.54. The molecule has 0 saturated carbocycles. The molecular weight excluding hydrogens is 248 g/mol. The summed E-state index contributed by atoms with van der Waals surface area (Å²) in [7, 11) is 0. The molecule has 1 rings (SSSR count). The van der Waals surface area contributed by atoms with Crippen molar-refractivity contribution < 1.29 is 4.74 Å². The average Bonchev–Trinajstić information content (AvgIpc) is 2.36. The number of hydrogen-bond acceptors (Lipinski definition) is 3. The molecule has 0 aliphatic carbocycles. The first-order chi connectivity index (χ1) is 9.43. The van der Waals surface area contributed by atoms with Gasteiger partial charge in [-0.1, -0.05) is 26.0 Å². The van der Waals surface area contributed by atoms with E-state index >= 15 is 0 Å². The summed E-state index contributed by atoms with van der Waals surface area (Å²) in [4.78, 5) is 0. The van der Waals surface area contributed by atoms with Gasteiger partial charge in [0.1, 0.15) is 5.75 Å². The van der Waals surface area contributed by atoms with E-state index in [1.807, 2.05) is 13.8 Å². The van der Waals surface area contributed by atoms with Crippen LogP contribution in [0.5, 0.6) is 5.75 Å². The minimum Gasteiger partial charge on any atom is -0.493 e.